The van der Waals surface area contributed by atoms with E-state index in [1.54, 1.807) is 19.2 Å². The summed E-state index contributed by atoms with van der Waals surface area (Å²) in [6.45, 7) is 1.83. The lowest BCUT2D eigenvalue weighted by molar-refractivity contribution is -0.384. The predicted molar refractivity (Wildman–Crippen MR) is 76.8 cm³/mol. The van der Waals surface area contributed by atoms with E-state index in [0.717, 1.165) is 18.7 Å². The van der Waals surface area contributed by atoms with Gasteiger partial charge in [0.1, 0.15) is 5.60 Å². The van der Waals surface area contributed by atoms with E-state index < -0.39 is 10.5 Å². The van der Waals surface area contributed by atoms with Gasteiger partial charge in [-0.05, 0) is 31.5 Å². The van der Waals surface area contributed by atoms with Crippen LogP contribution in [-0.2, 0) is 16.1 Å². The van der Waals surface area contributed by atoms with Crippen LogP contribution in [0.25, 0.3) is 0 Å². The fourth-order valence-electron chi connectivity index (χ4n) is 2.43. The second-order valence-electron chi connectivity index (χ2n) is 5.05. The second kappa shape index (κ2) is 6.64. The summed E-state index contributed by atoms with van der Waals surface area (Å²) < 4.78 is 5.44. The number of rotatable bonds is 5. The summed E-state index contributed by atoms with van der Waals surface area (Å²) in [5.74, 6) is -0.134. The van der Waals surface area contributed by atoms with Crippen molar-refractivity contribution in [2.24, 2.45) is 0 Å². The monoisotopic (exact) mass is 293 g/mol. The molecule has 1 aromatic carbocycles. The van der Waals surface area contributed by atoms with Crippen molar-refractivity contribution in [2.75, 3.05) is 20.2 Å². The summed E-state index contributed by atoms with van der Waals surface area (Å²) in [6, 6.07) is 6.14. The highest BCUT2D eigenvalue weighted by Gasteiger charge is 2.39. The van der Waals surface area contributed by atoms with Crippen LogP contribution in [0.3, 0.4) is 0 Å². The van der Waals surface area contributed by atoms with Gasteiger partial charge in [-0.1, -0.05) is 12.1 Å². The SMILES string of the molecule is COC1(C(=O)NCc2ccc([N+](=O)[O-])cc2)CCNCC1. The second-order valence-corrected chi connectivity index (χ2v) is 5.05. The third-order valence-electron chi connectivity index (χ3n) is 3.82. The minimum absolute atomic E-state index is 0.0387. The standard InChI is InChI=1S/C14H19N3O4/c1-21-14(6-8-15-9-7-14)13(18)16-10-11-2-4-12(5-3-11)17(19)20/h2-5,15H,6-10H2,1H3,(H,16,18). The molecule has 7 nitrogen and oxygen atoms in total. The van der Waals surface area contributed by atoms with E-state index in [9.17, 15) is 14.9 Å². The zero-order chi connectivity index (χ0) is 15.3. The molecule has 2 rings (SSSR count). The van der Waals surface area contributed by atoms with Crippen LogP contribution in [0.5, 0.6) is 0 Å². The van der Waals surface area contributed by atoms with Gasteiger partial charge in [0.2, 0.25) is 0 Å². The lowest BCUT2D eigenvalue weighted by Gasteiger charge is -2.34. The van der Waals surface area contributed by atoms with Gasteiger partial charge in [0.15, 0.2) is 0 Å². The third-order valence-corrected chi connectivity index (χ3v) is 3.82. The van der Waals surface area contributed by atoms with Crippen molar-refractivity contribution in [2.45, 2.75) is 25.0 Å². The van der Waals surface area contributed by atoms with Crippen LogP contribution in [-0.4, -0.2) is 36.6 Å². The molecule has 21 heavy (non-hydrogen) atoms. The number of methoxy groups -OCH3 is 1. The van der Waals surface area contributed by atoms with Crippen molar-refractivity contribution in [1.29, 1.82) is 0 Å². The van der Waals surface area contributed by atoms with E-state index in [2.05, 4.69) is 10.6 Å². The smallest absolute Gasteiger partial charge is 0.269 e. The molecule has 7 heteroatoms. The molecule has 1 amide bonds. The van der Waals surface area contributed by atoms with Crippen molar-refractivity contribution in [3.63, 3.8) is 0 Å². The first kappa shape index (κ1) is 15.4. The van der Waals surface area contributed by atoms with Gasteiger partial charge >= 0.3 is 0 Å². The molecule has 2 N–H and O–H groups in total. The molecule has 0 radical (unpaired) electrons. The minimum atomic E-state index is -0.772. The maximum absolute atomic E-state index is 12.3. The lowest BCUT2D eigenvalue weighted by Crippen LogP contribution is -2.53. The van der Waals surface area contributed by atoms with Crippen molar-refractivity contribution in [3.05, 3.63) is 39.9 Å². The molecule has 0 atom stereocenters. The van der Waals surface area contributed by atoms with Crippen LogP contribution in [0.4, 0.5) is 5.69 Å². The molecule has 0 unspecified atom stereocenters. The molecule has 0 aromatic heterocycles. The highest BCUT2D eigenvalue weighted by atomic mass is 16.6. The third kappa shape index (κ3) is 3.56. The van der Waals surface area contributed by atoms with Gasteiger partial charge in [0.25, 0.3) is 11.6 Å². The number of hydrogen-bond acceptors (Lipinski definition) is 5. The Kier molecular flexibility index (Phi) is 4.87. The summed E-state index contributed by atoms with van der Waals surface area (Å²) in [4.78, 5) is 22.5. The number of ether oxygens (including phenoxy) is 1. The van der Waals surface area contributed by atoms with Crippen molar-refractivity contribution >= 4 is 11.6 Å². The summed E-state index contributed by atoms with van der Waals surface area (Å²) in [6.07, 6.45) is 1.27. The average molecular weight is 293 g/mol. The molecule has 1 heterocycles. The predicted octanol–water partition coefficient (Wildman–Crippen LogP) is 0.980. The molecule has 1 saturated heterocycles. The van der Waals surface area contributed by atoms with E-state index in [1.165, 1.54) is 12.1 Å². The number of non-ortho nitro benzene ring substituents is 1. The lowest BCUT2D eigenvalue weighted by atomic mass is 9.91. The average Bonchev–Trinajstić information content (AvgIpc) is 2.53. The van der Waals surface area contributed by atoms with Crippen LogP contribution < -0.4 is 10.6 Å². The number of nitrogens with one attached hydrogen (secondary N) is 2. The molecular weight excluding hydrogens is 274 g/mol. The summed E-state index contributed by atoms with van der Waals surface area (Å²) >= 11 is 0. The highest BCUT2D eigenvalue weighted by molar-refractivity contribution is 5.85. The number of hydrogen-bond donors (Lipinski definition) is 2. The Morgan fingerprint density at radius 2 is 2.00 bits per heavy atom. The number of amides is 1. The Balaban J connectivity index is 1.95. The zero-order valence-corrected chi connectivity index (χ0v) is 11.9. The van der Waals surface area contributed by atoms with Gasteiger partial charge in [-0.25, -0.2) is 0 Å². The largest absolute Gasteiger partial charge is 0.368 e. The van der Waals surface area contributed by atoms with Crippen molar-refractivity contribution in [1.82, 2.24) is 10.6 Å². The minimum Gasteiger partial charge on any atom is -0.368 e. The number of carbonyl (C=O) groups excluding carboxylic acids is 1. The topological polar surface area (TPSA) is 93.5 Å². The van der Waals surface area contributed by atoms with E-state index in [1.807, 2.05) is 0 Å². The maximum atomic E-state index is 12.3. The first-order chi connectivity index (χ1) is 10.1. The normalized spacial score (nSPS) is 17.2. The Morgan fingerprint density at radius 1 is 1.38 bits per heavy atom. The molecule has 0 spiro atoms. The molecule has 1 fully saturated rings. The molecular formula is C14H19N3O4. The van der Waals surface area contributed by atoms with Gasteiger partial charge in [-0.15, -0.1) is 0 Å². The number of nitro groups is 1. The van der Waals surface area contributed by atoms with E-state index in [4.69, 9.17) is 4.74 Å². The first-order valence-electron chi connectivity index (χ1n) is 6.85. The van der Waals surface area contributed by atoms with Crippen LogP contribution >= 0.6 is 0 Å². The molecule has 0 aliphatic carbocycles. The molecule has 0 saturated carbocycles. The van der Waals surface area contributed by atoms with Gasteiger partial charge < -0.3 is 15.4 Å². The van der Waals surface area contributed by atoms with Crippen molar-refractivity contribution in [3.8, 4) is 0 Å². The van der Waals surface area contributed by atoms with Crippen LogP contribution in [0.2, 0.25) is 0 Å². The Bertz CT molecular complexity index is 509. The van der Waals surface area contributed by atoms with Gasteiger partial charge in [-0.3, -0.25) is 14.9 Å². The Labute approximate surface area is 122 Å². The van der Waals surface area contributed by atoms with Gasteiger partial charge in [0, 0.05) is 25.8 Å². The van der Waals surface area contributed by atoms with Crippen LogP contribution in [0.1, 0.15) is 18.4 Å². The number of nitro benzene ring substituents is 1. The molecule has 0 bridgehead atoms. The van der Waals surface area contributed by atoms with E-state index in [-0.39, 0.29) is 11.6 Å². The summed E-state index contributed by atoms with van der Waals surface area (Å²) in [5, 5.41) is 16.6. The van der Waals surface area contributed by atoms with E-state index in [0.29, 0.717) is 19.4 Å². The zero-order valence-electron chi connectivity index (χ0n) is 11.9. The first-order valence-corrected chi connectivity index (χ1v) is 6.85. The highest BCUT2D eigenvalue weighted by Crippen LogP contribution is 2.22. The molecule has 1 aliphatic rings. The van der Waals surface area contributed by atoms with Crippen LogP contribution in [0, 0.1) is 10.1 Å². The van der Waals surface area contributed by atoms with Gasteiger partial charge in [0.05, 0.1) is 4.92 Å². The summed E-state index contributed by atoms with van der Waals surface area (Å²) in [5.41, 5.74) is 0.0809. The number of nitrogens with zero attached hydrogens (tertiary/aromatic N) is 1. The quantitative estimate of drug-likeness (QED) is 0.623. The Hall–Kier alpha value is -1.99. The summed E-state index contributed by atoms with van der Waals surface area (Å²) in [7, 11) is 1.55. The van der Waals surface area contributed by atoms with Gasteiger partial charge in [-0.2, -0.15) is 0 Å². The fraction of sp³-hybridized carbons (Fsp3) is 0.500. The molecule has 114 valence electrons. The maximum Gasteiger partial charge on any atom is 0.269 e. The van der Waals surface area contributed by atoms with E-state index >= 15 is 0 Å². The number of benzene rings is 1. The molecule has 1 aliphatic heterocycles. The number of carbonyl (C=O) groups is 1. The van der Waals surface area contributed by atoms with Crippen molar-refractivity contribution < 1.29 is 14.5 Å². The fourth-order valence-corrected chi connectivity index (χ4v) is 2.43. The Morgan fingerprint density at radius 3 is 2.52 bits per heavy atom. The molecule has 1 aromatic rings. The van der Waals surface area contributed by atoms with Crippen LogP contribution in [0.15, 0.2) is 24.3 Å². The number of piperidine rings is 1.